The van der Waals surface area contributed by atoms with E-state index in [1.807, 2.05) is 36.4 Å². The number of carbonyl (C=O) groups is 2. The number of carbonyl (C=O) groups excluding carboxylic acids is 2. The predicted molar refractivity (Wildman–Crippen MR) is 249 cm³/mol. The van der Waals surface area contributed by atoms with Crippen molar-refractivity contribution in [2.45, 2.75) is 6.18 Å². The number of rotatable bonds is 6. The van der Waals surface area contributed by atoms with Gasteiger partial charge in [0.15, 0.2) is 11.3 Å². The molecule has 0 bridgehead atoms. The number of nitrogens with zero attached hydrogens (tertiary/aromatic N) is 7. The van der Waals surface area contributed by atoms with Gasteiger partial charge in [-0.25, -0.2) is 19.2 Å². The van der Waals surface area contributed by atoms with Crippen LogP contribution >= 0.6 is 43.5 Å². The number of urea groups is 1. The van der Waals surface area contributed by atoms with Crippen molar-refractivity contribution in [1.29, 1.82) is 0 Å². The van der Waals surface area contributed by atoms with E-state index in [0.29, 0.717) is 16.2 Å². The van der Waals surface area contributed by atoms with E-state index in [1.165, 1.54) is 48.8 Å². The van der Waals surface area contributed by atoms with Gasteiger partial charge in [0.05, 0.1) is 57.5 Å². The average molecular weight is 1090 g/mol. The van der Waals surface area contributed by atoms with Crippen LogP contribution in [0.15, 0.2) is 144 Å². The standard InChI is InChI=1S/C24H13F4N5O2.C10H7BrN2.C8H4BrClN2.C2H3BF3.K/c1-29-21-12-30-19-8-5-13(9-20(19)33-21)22(34)17-7-6-16(11-18(17)25)32-23(35)31-15-4-2-3-14(10-15)24(26,27)28;1-2-8-6-12-9-4-3-7(11)5-10(9)13-8;9-5-1-2-6-7(3-5)12-8(10)4-11-6;1-2-3(4,5)6;/h2-12H,(H2,31,32,35);2-6H,1H2;1-4H;2H,1H2;/q;;;-1;+1. The van der Waals surface area contributed by atoms with Crippen molar-refractivity contribution >= 4 is 119 Å². The van der Waals surface area contributed by atoms with Crippen molar-refractivity contribution in [3.05, 3.63) is 189 Å². The minimum Gasteiger partial charge on any atom is -0.445 e. The Morgan fingerprint density at radius 1 is 0.716 bits per heavy atom. The first-order valence-corrected chi connectivity index (χ1v) is 20.4. The van der Waals surface area contributed by atoms with Gasteiger partial charge < -0.3 is 28.4 Å². The molecule has 3 aromatic heterocycles. The van der Waals surface area contributed by atoms with Crippen LogP contribution in [0.4, 0.5) is 52.5 Å². The van der Waals surface area contributed by atoms with E-state index in [1.54, 1.807) is 12.3 Å². The Bertz CT molecular complexity index is 3130. The molecule has 0 aliphatic heterocycles. The summed E-state index contributed by atoms with van der Waals surface area (Å²) >= 11 is 12.4. The topological polar surface area (TPSA) is 140 Å². The van der Waals surface area contributed by atoms with Crippen LogP contribution in [0.25, 0.3) is 44.0 Å². The van der Waals surface area contributed by atoms with E-state index >= 15 is 0 Å². The second-order valence-electron chi connectivity index (χ2n) is 13.0. The van der Waals surface area contributed by atoms with E-state index in [4.69, 9.17) is 18.2 Å². The molecule has 8 rings (SSSR count). The van der Waals surface area contributed by atoms with Crippen molar-refractivity contribution in [3.8, 4) is 0 Å². The second-order valence-corrected chi connectivity index (χ2v) is 15.3. The Hall–Kier alpha value is -5.51. The fourth-order valence-electron chi connectivity index (χ4n) is 5.26. The maximum atomic E-state index is 14.7. The number of alkyl halides is 3. The molecule has 0 atom stereocenters. The Balaban J connectivity index is 0.000000247. The molecule has 0 saturated carbocycles. The molecule has 2 N–H and O–H groups in total. The predicted octanol–water partition coefficient (Wildman–Crippen LogP) is 10.9. The number of benzene rings is 5. The maximum Gasteiger partial charge on any atom is 1.00 e. The minimum atomic E-state index is -4.72. The van der Waals surface area contributed by atoms with E-state index in [2.05, 4.69) is 90.4 Å². The van der Waals surface area contributed by atoms with Crippen LogP contribution in [0, 0.1) is 12.4 Å². The number of fused-ring (bicyclic) bond motifs is 3. The smallest absolute Gasteiger partial charge is 0.445 e. The Kier molecular flexibility index (Phi) is 19.8. The van der Waals surface area contributed by atoms with E-state index in [0.717, 1.165) is 61.0 Å². The average Bonchev–Trinajstić information content (AvgIpc) is 3.28. The Morgan fingerprint density at radius 2 is 1.27 bits per heavy atom. The largest absolute Gasteiger partial charge is 1.00 e. The minimum absolute atomic E-state index is 0. The summed E-state index contributed by atoms with van der Waals surface area (Å²) in [4.78, 5) is 53.1. The first-order chi connectivity index (χ1) is 31.2. The molecule has 334 valence electrons. The molecule has 0 radical (unpaired) electrons. The zero-order valence-electron chi connectivity index (χ0n) is 34.3. The molecule has 23 heteroatoms. The molecule has 5 aromatic carbocycles. The zero-order valence-corrected chi connectivity index (χ0v) is 41.4. The third-order valence-electron chi connectivity index (χ3n) is 8.30. The van der Waals surface area contributed by atoms with Crippen LogP contribution in [0.1, 0.15) is 27.2 Å². The molecule has 3 heterocycles. The maximum absolute atomic E-state index is 14.7. The molecule has 0 aliphatic carbocycles. The molecule has 11 nitrogen and oxygen atoms in total. The molecule has 0 unspecified atom stereocenters. The number of hydrogen-bond acceptors (Lipinski definition) is 8. The summed E-state index contributed by atoms with van der Waals surface area (Å²) in [5.41, 5.74) is 3.77. The Labute approximate surface area is 441 Å². The Morgan fingerprint density at radius 3 is 1.84 bits per heavy atom. The van der Waals surface area contributed by atoms with Gasteiger partial charge in [0.25, 0.3) is 5.82 Å². The van der Waals surface area contributed by atoms with Crippen LogP contribution in [0.3, 0.4) is 0 Å². The number of ketones is 1. The van der Waals surface area contributed by atoms with Gasteiger partial charge in [-0.15, -0.1) is 11.6 Å². The van der Waals surface area contributed by atoms with Crippen LogP contribution in [0.5, 0.6) is 0 Å². The van der Waals surface area contributed by atoms with Gasteiger partial charge in [-0.05, 0) is 91.0 Å². The molecule has 0 spiro atoms. The molecular weight excluding hydrogens is 1060 g/mol. The molecule has 8 aromatic rings. The first-order valence-electron chi connectivity index (χ1n) is 18.4. The summed E-state index contributed by atoms with van der Waals surface area (Å²) in [5.74, 6) is -1.53. The number of hydrogen-bond donors (Lipinski definition) is 2. The van der Waals surface area contributed by atoms with Crippen LogP contribution < -0.4 is 62.0 Å². The third kappa shape index (κ3) is 16.4. The molecule has 67 heavy (non-hydrogen) atoms. The summed E-state index contributed by atoms with van der Waals surface area (Å²) in [7, 11) is 0. The fraction of sp³-hybridized carbons (Fsp3) is 0.0227. The quantitative estimate of drug-likeness (QED) is 0.0726. The number of anilines is 2. The van der Waals surface area contributed by atoms with Crippen molar-refractivity contribution in [2.75, 3.05) is 10.6 Å². The fourth-order valence-corrected chi connectivity index (χ4v) is 6.09. The summed E-state index contributed by atoms with van der Waals surface area (Å²) in [5, 5.41) is 4.96. The van der Waals surface area contributed by atoms with Crippen molar-refractivity contribution in [3.63, 3.8) is 0 Å². The van der Waals surface area contributed by atoms with Gasteiger partial charge in [-0.2, -0.15) is 19.1 Å². The van der Waals surface area contributed by atoms with Gasteiger partial charge in [0, 0.05) is 32.0 Å². The van der Waals surface area contributed by atoms with Crippen LogP contribution in [-0.4, -0.2) is 48.7 Å². The zero-order chi connectivity index (χ0) is 48.2. The number of amides is 2. The number of halogens is 10. The van der Waals surface area contributed by atoms with Crippen molar-refractivity contribution in [1.82, 2.24) is 29.9 Å². The molecule has 2 amide bonds. The summed E-state index contributed by atoms with van der Waals surface area (Å²) in [6, 6.07) is 22.4. The monoisotopic (exact) mass is 1090 g/mol. The summed E-state index contributed by atoms with van der Waals surface area (Å²) < 4.78 is 87.3. The summed E-state index contributed by atoms with van der Waals surface area (Å²) in [6.07, 6.45) is 1.66. The summed E-state index contributed by atoms with van der Waals surface area (Å²) in [6.45, 7) is 8.47. The third-order valence-corrected chi connectivity index (χ3v) is 9.47. The van der Waals surface area contributed by atoms with E-state index < -0.39 is 36.3 Å². The van der Waals surface area contributed by atoms with Crippen molar-refractivity contribution in [2.24, 2.45) is 0 Å². The van der Waals surface area contributed by atoms with Gasteiger partial charge in [0.2, 0.25) is 0 Å². The van der Waals surface area contributed by atoms with Gasteiger partial charge in [-0.1, -0.05) is 62.7 Å². The second kappa shape index (κ2) is 24.5. The van der Waals surface area contributed by atoms with E-state index in [-0.39, 0.29) is 85.7 Å². The van der Waals surface area contributed by atoms with Gasteiger partial charge >= 0.3 is 70.6 Å². The number of aromatic nitrogens is 6. The van der Waals surface area contributed by atoms with Crippen LogP contribution in [0.2, 0.25) is 5.15 Å². The number of nitrogens with one attached hydrogen (secondary N) is 2. The molecule has 0 saturated heterocycles. The first kappa shape index (κ1) is 54.1. The SMILES string of the molecule is C=C[B-](F)(F)F.C=Cc1cnc2ccc(Br)cc2n1.Clc1cnc2ccc(Br)cc2n1.[C-]#[N+]c1cnc2ccc(C(=O)c3ccc(NC(=O)Nc4cccc(C(F)(F)F)c4)cc3F)cc2n1.[K+]. The molecule has 0 fully saturated rings. The van der Waals surface area contributed by atoms with Crippen LogP contribution in [-0.2, 0) is 6.18 Å². The van der Waals surface area contributed by atoms with Crippen molar-refractivity contribution < 1.29 is 91.5 Å². The van der Waals surface area contributed by atoms with Gasteiger partial charge in [0.1, 0.15) is 16.5 Å². The molecular formula is C44H27BBr2ClF7KN9O2. The normalized spacial score (nSPS) is 10.6. The molecule has 0 aliphatic rings. The van der Waals surface area contributed by atoms with Gasteiger partial charge in [-0.3, -0.25) is 19.7 Å². The van der Waals surface area contributed by atoms with E-state index in [9.17, 15) is 40.1 Å².